The second kappa shape index (κ2) is 7.35. The Morgan fingerprint density at radius 3 is 2.12 bits per heavy atom. The van der Waals surface area contributed by atoms with Gasteiger partial charge in [0.25, 0.3) is 5.91 Å². The summed E-state index contributed by atoms with van der Waals surface area (Å²) in [5, 5.41) is 3.21. The summed E-state index contributed by atoms with van der Waals surface area (Å²) in [6, 6.07) is 24.1. The van der Waals surface area contributed by atoms with Crippen molar-refractivity contribution in [1.29, 1.82) is 0 Å². The molecule has 0 heterocycles. The van der Waals surface area contributed by atoms with Crippen molar-refractivity contribution in [3.63, 3.8) is 0 Å². The lowest BCUT2D eigenvalue weighted by Crippen LogP contribution is -2.30. The van der Waals surface area contributed by atoms with Crippen molar-refractivity contribution >= 4 is 5.91 Å². The molecule has 3 aromatic rings. The second-order valence-corrected chi connectivity index (χ2v) is 6.55. The lowest BCUT2D eigenvalue weighted by atomic mass is 9.96. The van der Waals surface area contributed by atoms with Gasteiger partial charge in [-0.3, -0.25) is 4.79 Å². The van der Waals surface area contributed by atoms with Crippen LogP contribution in [0.2, 0.25) is 0 Å². The first kappa shape index (κ1) is 17.0. The molecule has 1 amide bonds. The van der Waals surface area contributed by atoms with Gasteiger partial charge in [0.1, 0.15) is 0 Å². The van der Waals surface area contributed by atoms with Crippen molar-refractivity contribution in [2.45, 2.75) is 26.8 Å². The van der Waals surface area contributed by atoms with E-state index in [-0.39, 0.29) is 11.9 Å². The Bertz CT molecular complexity index is 884. The van der Waals surface area contributed by atoms with Crippen molar-refractivity contribution < 1.29 is 4.79 Å². The van der Waals surface area contributed by atoms with Gasteiger partial charge < -0.3 is 5.32 Å². The van der Waals surface area contributed by atoms with E-state index in [4.69, 9.17) is 0 Å². The van der Waals surface area contributed by atoms with Gasteiger partial charge in [0.15, 0.2) is 0 Å². The highest BCUT2D eigenvalue weighted by Gasteiger charge is 2.18. The molecule has 0 spiro atoms. The van der Waals surface area contributed by atoms with Gasteiger partial charge in [-0.05, 0) is 43.5 Å². The molecule has 1 atom stereocenters. The Labute approximate surface area is 149 Å². The second-order valence-electron chi connectivity index (χ2n) is 6.55. The summed E-state index contributed by atoms with van der Waals surface area (Å²) in [5.41, 5.74) is 6.22. The number of hydrogen-bond donors (Lipinski definition) is 1. The Balaban J connectivity index is 1.96. The summed E-state index contributed by atoms with van der Waals surface area (Å²) in [6.45, 7) is 6.08. The summed E-state index contributed by atoms with van der Waals surface area (Å²) < 4.78 is 0. The van der Waals surface area contributed by atoms with Gasteiger partial charge in [-0.25, -0.2) is 0 Å². The maximum atomic E-state index is 12.9. The van der Waals surface area contributed by atoms with Crippen molar-refractivity contribution in [2.24, 2.45) is 0 Å². The zero-order chi connectivity index (χ0) is 17.8. The zero-order valence-electron chi connectivity index (χ0n) is 14.9. The summed E-state index contributed by atoms with van der Waals surface area (Å²) >= 11 is 0. The number of benzene rings is 3. The molecule has 0 aliphatic heterocycles. The molecule has 0 aliphatic carbocycles. The predicted octanol–water partition coefficient (Wildman–Crippen LogP) is 5.13. The maximum absolute atomic E-state index is 12.9. The molecule has 3 aromatic carbocycles. The van der Waals surface area contributed by atoms with Crippen LogP contribution in [-0.2, 0) is 0 Å². The summed E-state index contributed by atoms with van der Waals surface area (Å²) in [6.07, 6.45) is 0. The van der Waals surface area contributed by atoms with Crippen LogP contribution in [0.4, 0.5) is 0 Å². The summed E-state index contributed by atoms with van der Waals surface area (Å²) in [4.78, 5) is 12.9. The SMILES string of the molecule is Cc1cccc(C(NC(=O)c2ccc(C)cc2C)c2ccccc2)c1. The van der Waals surface area contributed by atoms with E-state index in [1.165, 1.54) is 5.56 Å². The molecule has 1 N–H and O–H groups in total. The van der Waals surface area contributed by atoms with Crippen LogP contribution >= 0.6 is 0 Å². The Hall–Kier alpha value is -2.87. The number of amides is 1. The van der Waals surface area contributed by atoms with Gasteiger partial charge >= 0.3 is 0 Å². The lowest BCUT2D eigenvalue weighted by Gasteiger charge is -2.21. The van der Waals surface area contributed by atoms with E-state index < -0.39 is 0 Å². The van der Waals surface area contributed by atoms with Crippen LogP contribution in [0.25, 0.3) is 0 Å². The molecule has 3 rings (SSSR count). The van der Waals surface area contributed by atoms with Crippen LogP contribution in [0.5, 0.6) is 0 Å². The minimum Gasteiger partial charge on any atom is -0.341 e. The van der Waals surface area contributed by atoms with Crippen LogP contribution < -0.4 is 5.32 Å². The van der Waals surface area contributed by atoms with E-state index in [0.717, 1.165) is 27.8 Å². The van der Waals surface area contributed by atoms with E-state index in [1.54, 1.807) is 0 Å². The van der Waals surface area contributed by atoms with Gasteiger partial charge in [-0.15, -0.1) is 0 Å². The molecule has 0 saturated heterocycles. The smallest absolute Gasteiger partial charge is 0.252 e. The topological polar surface area (TPSA) is 29.1 Å². The minimum atomic E-state index is -0.172. The van der Waals surface area contributed by atoms with Crippen LogP contribution in [0.15, 0.2) is 72.8 Å². The average molecular weight is 329 g/mol. The molecular formula is C23H23NO. The van der Waals surface area contributed by atoms with E-state index >= 15 is 0 Å². The highest BCUT2D eigenvalue weighted by molar-refractivity contribution is 5.96. The molecule has 0 aromatic heterocycles. The quantitative estimate of drug-likeness (QED) is 0.706. The van der Waals surface area contributed by atoms with Gasteiger partial charge in [0, 0.05) is 5.56 Å². The maximum Gasteiger partial charge on any atom is 0.252 e. The van der Waals surface area contributed by atoms with Crippen LogP contribution in [0.3, 0.4) is 0 Å². The zero-order valence-corrected chi connectivity index (χ0v) is 14.9. The summed E-state index contributed by atoms with van der Waals surface area (Å²) in [5.74, 6) is -0.0483. The minimum absolute atomic E-state index is 0.0483. The molecule has 1 unspecified atom stereocenters. The fraction of sp³-hybridized carbons (Fsp3) is 0.174. The normalized spacial score (nSPS) is 11.8. The molecule has 2 nitrogen and oxygen atoms in total. The fourth-order valence-electron chi connectivity index (χ4n) is 3.13. The number of rotatable bonds is 4. The van der Waals surface area contributed by atoms with Crippen LogP contribution in [0, 0.1) is 20.8 Å². The number of hydrogen-bond acceptors (Lipinski definition) is 1. The number of carbonyl (C=O) groups is 1. The number of carbonyl (C=O) groups excluding carboxylic acids is 1. The first-order valence-electron chi connectivity index (χ1n) is 8.54. The van der Waals surface area contributed by atoms with Gasteiger partial charge in [0.2, 0.25) is 0 Å². The highest BCUT2D eigenvalue weighted by atomic mass is 16.1. The van der Waals surface area contributed by atoms with Crippen LogP contribution in [0.1, 0.15) is 44.2 Å². The summed E-state index contributed by atoms with van der Waals surface area (Å²) in [7, 11) is 0. The molecule has 126 valence electrons. The van der Waals surface area contributed by atoms with Crippen molar-refractivity contribution in [2.75, 3.05) is 0 Å². The van der Waals surface area contributed by atoms with E-state index in [9.17, 15) is 4.79 Å². The first-order valence-corrected chi connectivity index (χ1v) is 8.54. The van der Waals surface area contributed by atoms with E-state index in [1.807, 2.05) is 56.3 Å². The molecule has 0 radical (unpaired) electrons. The molecule has 0 saturated carbocycles. The first-order chi connectivity index (χ1) is 12.0. The largest absolute Gasteiger partial charge is 0.341 e. The lowest BCUT2D eigenvalue weighted by molar-refractivity contribution is 0.0942. The van der Waals surface area contributed by atoms with E-state index in [2.05, 4.69) is 42.6 Å². The van der Waals surface area contributed by atoms with E-state index in [0.29, 0.717) is 0 Å². The Kier molecular flexibility index (Phi) is 4.99. The predicted molar refractivity (Wildman–Crippen MR) is 103 cm³/mol. The number of nitrogens with one attached hydrogen (secondary N) is 1. The molecule has 0 fully saturated rings. The third-order valence-corrected chi connectivity index (χ3v) is 4.41. The molecular weight excluding hydrogens is 306 g/mol. The monoisotopic (exact) mass is 329 g/mol. The molecule has 2 heteroatoms. The Morgan fingerprint density at radius 1 is 0.760 bits per heavy atom. The van der Waals surface area contributed by atoms with Crippen molar-refractivity contribution in [3.05, 3.63) is 106 Å². The highest BCUT2D eigenvalue weighted by Crippen LogP contribution is 2.24. The average Bonchev–Trinajstić information content (AvgIpc) is 2.60. The molecule has 0 aliphatic rings. The number of aryl methyl sites for hydroxylation is 3. The van der Waals surface area contributed by atoms with Gasteiger partial charge in [-0.2, -0.15) is 0 Å². The van der Waals surface area contributed by atoms with Crippen molar-refractivity contribution in [3.8, 4) is 0 Å². The third-order valence-electron chi connectivity index (χ3n) is 4.41. The van der Waals surface area contributed by atoms with Crippen LogP contribution in [-0.4, -0.2) is 5.91 Å². The van der Waals surface area contributed by atoms with Crippen molar-refractivity contribution in [1.82, 2.24) is 5.32 Å². The van der Waals surface area contributed by atoms with Gasteiger partial charge in [0.05, 0.1) is 6.04 Å². The Morgan fingerprint density at radius 2 is 1.44 bits per heavy atom. The molecule has 0 bridgehead atoms. The standard InChI is InChI=1S/C23H23NO/c1-16-8-7-11-20(15-16)22(19-9-5-4-6-10-19)24-23(25)21-13-12-17(2)14-18(21)3/h4-15,22H,1-3H3,(H,24,25). The third kappa shape index (κ3) is 3.97. The fourth-order valence-corrected chi connectivity index (χ4v) is 3.13. The van der Waals surface area contributed by atoms with Gasteiger partial charge in [-0.1, -0.05) is 77.9 Å². The molecule has 25 heavy (non-hydrogen) atoms.